The summed E-state index contributed by atoms with van der Waals surface area (Å²) < 4.78 is 0. The van der Waals surface area contributed by atoms with E-state index in [9.17, 15) is 0 Å². The van der Waals surface area contributed by atoms with Gasteiger partial charge in [0.25, 0.3) is 0 Å². The van der Waals surface area contributed by atoms with E-state index in [0.29, 0.717) is 12.0 Å². The van der Waals surface area contributed by atoms with Crippen LogP contribution in [0.1, 0.15) is 38.2 Å². The van der Waals surface area contributed by atoms with Gasteiger partial charge in [-0.05, 0) is 57.3 Å². The average Bonchev–Trinajstić information content (AvgIpc) is 2.29. The van der Waals surface area contributed by atoms with Crippen molar-refractivity contribution in [3.05, 3.63) is 29.0 Å². The topological polar surface area (TPSA) is 16.1 Å². The van der Waals surface area contributed by atoms with E-state index in [1.807, 2.05) is 6.20 Å². The van der Waals surface area contributed by atoms with Gasteiger partial charge < -0.3 is 4.90 Å². The van der Waals surface area contributed by atoms with Crippen LogP contribution in [0.15, 0.2) is 18.5 Å². The molecule has 88 valence electrons. The maximum atomic E-state index is 5.97. The number of piperidine rings is 1. The zero-order valence-corrected chi connectivity index (χ0v) is 10.7. The van der Waals surface area contributed by atoms with Crippen LogP contribution in [0.4, 0.5) is 0 Å². The van der Waals surface area contributed by atoms with Gasteiger partial charge in [-0.25, -0.2) is 0 Å². The standard InChI is InChI=1S/C13H19ClN2/c1-10(2)16-5-3-11(4-6-16)12-7-13(14)9-15-8-12/h7-11H,3-6H2,1-2H3. The van der Waals surface area contributed by atoms with Crippen LogP contribution in [0.3, 0.4) is 0 Å². The highest BCUT2D eigenvalue weighted by molar-refractivity contribution is 6.30. The smallest absolute Gasteiger partial charge is 0.0592 e. The van der Waals surface area contributed by atoms with E-state index in [2.05, 4.69) is 29.8 Å². The van der Waals surface area contributed by atoms with Crippen LogP contribution in [0.5, 0.6) is 0 Å². The Morgan fingerprint density at radius 3 is 2.56 bits per heavy atom. The third-order valence-corrected chi connectivity index (χ3v) is 3.66. The van der Waals surface area contributed by atoms with Crippen LogP contribution in [-0.4, -0.2) is 29.0 Å². The van der Waals surface area contributed by atoms with Crippen molar-refractivity contribution in [3.63, 3.8) is 0 Å². The normalized spacial score (nSPS) is 19.2. The molecule has 2 nitrogen and oxygen atoms in total. The zero-order chi connectivity index (χ0) is 11.5. The molecule has 1 aliphatic rings. The summed E-state index contributed by atoms with van der Waals surface area (Å²) in [5, 5.41) is 0.754. The first-order valence-corrected chi connectivity index (χ1v) is 6.39. The van der Waals surface area contributed by atoms with Crippen molar-refractivity contribution in [2.24, 2.45) is 0 Å². The van der Waals surface area contributed by atoms with Crippen molar-refractivity contribution < 1.29 is 0 Å². The van der Waals surface area contributed by atoms with Crippen LogP contribution in [0.25, 0.3) is 0 Å². The molecule has 0 amide bonds. The Morgan fingerprint density at radius 1 is 1.31 bits per heavy atom. The van der Waals surface area contributed by atoms with Crippen LogP contribution >= 0.6 is 11.6 Å². The van der Waals surface area contributed by atoms with E-state index in [4.69, 9.17) is 11.6 Å². The molecule has 0 bridgehead atoms. The van der Waals surface area contributed by atoms with E-state index < -0.39 is 0 Å². The van der Waals surface area contributed by atoms with Gasteiger partial charge in [-0.2, -0.15) is 0 Å². The Labute approximate surface area is 103 Å². The third-order valence-electron chi connectivity index (χ3n) is 3.46. The number of pyridine rings is 1. The fourth-order valence-electron chi connectivity index (χ4n) is 2.40. The Kier molecular flexibility index (Phi) is 3.82. The predicted molar refractivity (Wildman–Crippen MR) is 67.9 cm³/mol. The lowest BCUT2D eigenvalue weighted by Gasteiger charge is -2.34. The zero-order valence-electron chi connectivity index (χ0n) is 9.99. The molecule has 3 heteroatoms. The first-order chi connectivity index (χ1) is 7.66. The maximum Gasteiger partial charge on any atom is 0.0592 e. The van der Waals surface area contributed by atoms with Gasteiger partial charge in [0.15, 0.2) is 0 Å². The molecule has 0 radical (unpaired) electrons. The minimum Gasteiger partial charge on any atom is -0.301 e. The molecule has 1 aromatic heterocycles. The van der Waals surface area contributed by atoms with Gasteiger partial charge in [-0.1, -0.05) is 11.6 Å². The summed E-state index contributed by atoms with van der Waals surface area (Å²) in [6.07, 6.45) is 6.11. The fraction of sp³-hybridized carbons (Fsp3) is 0.615. The second-order valence-corrected chi connectivity index (χ2v) is 5.28. The molecular formula is C13H19ClN2. The van der Waals surface area contributed by atoms with Gasteiger partial charge in [-0.3, -0.25) is 4.98 Å². The molecule has 16 heavy (non-hydrogen) atoms. The van der Waals surface area contributed by atoms with E-state index in [1.54, 1.807) is 6.20 Å². The van der Waals surface area contributed by atoms with Crippen molar-refractivity contribution in [1.82, 2.24) is 9.88 Å². The highest BCUT2D eigenvalue weighted by Crippen LogP contribution is 2.29. The largest absolute Gasteiger partial charge is 0.301 e. The molecular weight excluding hydrogens is 220 g/mol. The highest BCUT2D eigenvalue weighted by Gasteiger charge is 2.22. The lowest BCUT2D eigenvalue weighted by molar-refractivity contribution is 0.172. The molecule has 0 atom stereocenters. The number of rotatable bonds is 2. The number of aromatic nitrogens is 1. The van der Waals surface area contributed by atoms with Crippen molar-refractivity contribution in [1.29, 1.82) is 0 Å². The first kappa shape index (κ1) is 11.9. The van der Waals surface area contributed by atoms with Crippen LogP contribution in [-0.2, 0) is 0 Å². The lowest BCUT2D eigenvalue weighted by Crippen LogP contribution is -2.37. The molecule has 1 saturated heterocycles. The first-order valence-electron chi connectivity index (χ1n) is 6.01. The number of halogens is 1. The SMILES string of the molecule is CC(C)N1CCC(c2cncc(Cl)c2)CC1. The molecule has 0 N–H and O–H groups in total. The second-order valence-electron chi connectivity index (χ2n) is 4.84. The average molecular weight is 239 g/mol. The van der Waals surface area contributed by atoms with E-state index in [-0.39, 0.29) is 0 Å². The van der Waals surface area contributed by atoms with Crippen molar-refractivity contribution in [3.8, 4) is 0 Å². The van der Waals surface area contributed by atoms with Gasteiger partial charge in [0.2, 0.25) is 0 Å². The molecule has 0 aliphatic carbocycles. The van der Waals surface area contributed by atoms with E-state index in [0.717, 1.165) is 5.02 Å². The van der Waals surface area contributed by atoms with Gasteiger partial charge in [-0.15, -0.1) is 0 Å². The number of nitrogens with zero attached hydrogens (tertiary/aromatic N) is 2. The van der Waals surface area contributed by atoms with Crippen molar-refractivity contribution >= 4 is 11.6 Å². The quantitative estimate of drug-likeness (QED) is 0.786. The van der Waals surface area contributed by atoms with Gasteiger partial charge in [0.05, 0.1) is 5.02 Å². The Balaban J connectivity index is 1.99. The van der Waals surface area contributed by atoms with Crippen LogP contribution in [0, 0.1) is 0 Å². The molecule has 2 heterocycles. The van der Waals surface area contributed by atoms with Crippen molar-refractivity contribution in [2.75, 3.05) is 13.1 Å². The molecule has 1 aromatic rings. The highest BCUT2D eigenvalue weighted by atomic mass is 35.5. The summed E-state index contributed by atoms with van der Waals surface area (Å²) in [6, 6.07) is 2.72. The minimum absolute atomic E-state index is 0.640. The maximum absolute atomic E-state index is 5.97. The Morgan fingerprint density at radius 2 is 2.00 bits per heavy atom. The molecule has 1 fully saturated rings. The van der Waals surface area contributed by atoms with Crippen LogP contribution in [0.2, 0.25) is 5.02 Å². The van der Waals surface area contributed by atoms with Crippen molar-refractivity contribution in [2.45, 2.75) is 38.6 Å². The summed E-state index contributed by atoms with van der Waals surface area (Å²) in [6.45, 7) is 6.91. The van der Waals surface area contributed by atoms with Gasteiger partial charge in [0, 0.05) is 18.4 Å². The van der Waals surface area contributed by atoms with E-state index in [1.165, 1.54) is 31.5 Å². The van der Waals surface area contributed by atoms with Gasteiger partial charge in [0.1, 0.15) is 0 Å². The summed E-state index contributed by atoms with van der Waals surface area (Å²) in [5.41, 5.74) is 1.30. The van der Waals surface area contributed by atoms with E-state index >= 15 is 0 Å². The fourth-order valence-corrected chi connectivity index (χ4v) is 2.58. The van der Waals surface area contributed by atoms with Gasteiger partial charge >= 0.3 is 0 Å². The molecule has 1 aliphatic heterocycles. The molecule has 0 aromatic carbocycles. The monoisotopic (exact) mass is 238 g/mol. The summed E-state index contributed by atoms with van der Waals surface area (Å²) >= 11 is 5.97. The third kappa shape index (κ3) is 2.74. The lowest BCUT2D eigenvalue weighted by atomic mass is 9.90. The number of hydrogen-bond acceptors (Lipinski definition) is 2. The summed E-state index contributed by atoms with van der Waals surface area (Å²) in [5.74, 6) is 0.640. The summed E-state index contributed by atoms with van der Waals surface area (Å²) in [4.78, 5) is 6.70. The minimum atomic E-state index is 0.640. The predicted octanol–water partition coefficient (Wildman–Crippen LogP) is 3.32. The van der Waals surface area contributed by atoms with Crippen LogP contribution < -0.4 is 0 Å². The number of hydrogen-bond donors (Lipinski definition) is 0. The second kappa shape index (κ2) is 5.15. The molecule has 0 saturated carbocycles. The molecule has 0 unspecified atom stereocenters. The number of likely N-dealkylation sites (tertiary alicyclic amines) is 1. The summed E-state index contributed by atoms with van der Waals surface area (Å²) in [7, 11) is 0. The Hall–Kier alpha value is -0.600. The Bertz CT molecular complexity index is 344. The molecule has 2 rings (SSSR count). The molecule has 0 spiro atoms.